The summed E-state index contributed by atoms with van der Waals surface area (Å²) >= 11 is 8.26. The van der Waals surface area contributed by atoms with Gasteiger partial charge in [-0.3, -0.25) is 0 Å². The Labute approximate surface area is 213 Å². The molecule has 5 rings (SSSR count). The van der Waals surface area contributed by atoms with Crippen LogP contribution >= 0.6 is 17.2 Å². The first-order valence-electron chi connectivity index (χ1n) is 12.3. The van der Waals surface area contributed by atoms with E-state index < -0.39 is 5.96 Å². The predicted octanol–water partition coefficient (Wildman–Crippen LogP) is 7.20. The maximum atomic E-state index is 8.26. The van der Waals surface area contributed by atoms with Gasteiger partial charge in [-0.15, -0.1) is 0 Å². The summed E-state index contributed by atoms with van der Waals surface area (Å²) in [7, 11) is 1.70. The summed E-state index contributed by atoms with van der Waals surface area (Å²) in [5.74, 6) is -1.82. The van der Waals surface area contributed by atoms with E-state index in [-0.39, 0.29) is 6.10 Å². The quantitative estimate of drug-likeness (QED) is 0.237. The van der Waals surface area contributed by atoms with E-state index in [0.717, 1.165) is 45.8 Å². The van der Waals surface area contributed by atoms with E-state index in [9.17, 15) is 0 Å². The van der Waals surface area contributed by atoms with Gasteiger partial charge in [0.1, 0.15) is 0 Å². The van der Waals surface area contributed by atoms with Crippen LogP contribution in [0, 0.1) is 0 Å². The fraction of sp³-hybridized carbons (Fsp3) is 0.226. The standard InChI is InChI=1S/C31H32ClO2P/c1-33-30-22-21-25(23-31(30)34-26-13-11-12-14-26)24-35(32,27-15-5-2-6-16-27,28-17-7-3-8-18-28)29-19-9-4-10-20-29/h2-10,15-23,26H,11-14,24H2,1H3. The van der Waals surface area contributed by atoms with E-state index in [1.165, 1.54) is 12.8 Å². The van der Waals surface area contributed by atoms with Gasteiger partial charge >= 0.3 is 214 Å². The number of hydrogen-bond acceptors (Lipinski definition) is 2. The Hall–Kier alpha value is -2.80. The molecule has 0 amide bonds. The number of hydrogen-bond donors (Lipinski definition) is 0. The average Bonchev–Trinajstić information content (AvgIpc) is 3.44. The van der Waals surface area contributed by atoms with Gasteiger partial charge in [-0.1, -0.05) is 0 Å². The van der Waals surface area contributed by atoms with Gasteiger partial charge in [-0.05, 0) is 0 Å². The minimum absolute atomic E-state index is 0.253. The van der Waals surface area contributed by atoms with Crippen LogP contribution in [0.25, 0.3) is 0 Å². The zero-order chi connectivity index (χ0) is 24.2. The molecular formula is C31H32ClO2P. The van der Waals surface area contributed by atoms with Crippen LogP contribution in [-0.4, -0.2) is 13.2 Å². The summed E-state index contributed by atoms with van der Waals surface area (Å²) in [4.78, 5) is 0. The fourth-order valence-electron chi connectivity index (χ4n) is 5.38. The average molecular weight is 503 g/mol. The van der Waals surface area contributed by atoms with Gasteiger partial charge in [-0.25, -0.2) is 0 Å². The number of benzene rings is 4. The molecule has 1 aliphatic carbocycles. The molecule has 1 saturated carbocycles. The summed E-state index contributed by atoms with van der Waals surface area (Å²) < 4.78 is 12.1. The van der Waals surface area contributed by atoms with E-state index in [1.54, 1.807) is 7.11 Å². The van der Waals surface area contributed by atoms with Gasteiger partial charge in [0.15, 0.2) is 0 Å². The number of ether oxygens (including phenoxy) is 2. The summed E-state index contributed by atoms with van der Waals surface area (Å²) in [5.41, 5.74) is 1.14. The second kappa shape index (κ2) is 10.1. The molecule has 2 nitrogen and oxygen atoms in total. The topological polar surface area (TPSA) is 18.5 Å². The van der Waals surface area contributed by atoms with Crippen LogP contribution in [0.4, 0.5) is 0 Å². The third-order valence-corrected chi connectivity index (χ3v) is 14.4. The van der Waals surface area contributed by atoms with E-state index in [1.807, 2.05) is 6.07 Å². The van der Waals surface area contributed by atoms with Crippen molar-refractivity contribution in [3.05, 3.63) is 115 Å². The zero-order valence-electron chi connectivity index (χ0n) is 20.1. The van der Waals surface area contributed by atoms with E-state index in [4.69, 9.17) is 20.7 Å². The Kier molecular flexibility index (Phi) is 6.87. The molecule has 4 aromatic rings. The second-order valence-electron chi connectivity index (χ2n) is 9.36. The van der Waals surface area contributed by atoms with Gasteiger partial charge in [0.2, 0.25) is 0 Å². The van der Waals surface area contributed by atoms with Crippen LogP contribution in [0.1, 0.15) is 31.2 Å². The van der Waals surface area contributed by atoms with Gasteiger partial charge < -0.3 is 0 Å². The fourth-order valence-corrected chi connectivity index (χ4v) is 11.5. The van der Waals surface area contributed by atoms with Crippen molar-refractivity contribution in [2.24, 2.45) is 0 Å². The molecule has 0 aliphatic heterocycles. The number of halogens is 1. The molecule has 0 radical (unpaired) electrons. The van der Waals surface area contributed by atoms with Crippen LogP contribution < -0.4 is 25.4 Å². The summed E-state index contributed by atoms with van der Waals surface area (Å²) in [6.07, 6.45) is 5.57. The van der Waals surface area contributed by atoms with Crippen molar-refractivity contribution in [1.82, 2.24) is 0 Å². The molecule has 180 valence electrons. The molecule has 35 heavy (non-hydrogen) atoms. The molecule has 0 spiro atoms. The first-order chi connectivity index (χ1) is 17.1. The van der Waals surface area contributed by atoms with E-state index >= 15 is 0 Å². The first-order valence-corrected chi connectivity index (χ1v) is 15.7. The van der Waals surface area contributed by atoms with Gasteiger partial charge in [0.05, 0.1) is 0 Å². The third kappa shape index (κ3) is 4.46. The molecule has 0 aromatic heterocycles. The third-order valence-electron chi connectivity index (χ3n) is 7.19. The Balaban J connectivity index is 1.70. The van der Waals surface area contributed by atoms with Crippen LogP contribution in [0.3, 0.4) is 0 Å². The Bertz CT molecular complexity index is 1160. The molecule has 1 fully saturated rings. The normalized spacial score (nSPS) is 15.3. The van der Waals surface area contributed by atoms with Gasteiger partial charge in [-0.2, -0.15) is 0 Å². The molecule has 1 aliphatic rings. The van der Waals surface area contributed by atoms with Gasteiger partial charge in [0.25, 0.3) is 0 Å². The maximum absolute atomic E-state index is 8.26. The molecular weight excluding hydrogens is 471 g/mol. The Morgan fingerprint density at radius 3 is 1.63 bits per heavy atom. The molecule has 4 heteroatoms. The number of rotatable bonds is 8. The van der Waals surface area contributed by atoms with Crippen LogP contribution in [-0.2, 0) is 6.16 Å². The summed E-state index contributed by atoms with van der Waals surface area (Å²) in [6.45, 7) is 0. The Morgan fingerprint density at radius 1 is 0.686 bits per heavy atom. The SMILES string of the molecule is COc1ccc(CP(Cl)(c2ccccc2)(c2ccccc2)c2ccccc2)cc1OC1CCCC1. The second-order valence-corrected chi connectivity index (χ2v) is 15.8. The zero-order valence-corrected chi connectivity index (χ0v) is 21.8. The van der Waals surface area contributed by atoms with Crippen LogP contribution in [0.15, 0.2) is 109 Å². The van der Waals surface area contributed by atoms with Crippen molar-refractivity contribution < 1.29 is 9.47 Å². The monoisotopic (exact) mass is 502 g/mol. The Morgan fingerprint density at radius 2 is 1.17 bits per heavy atom. The first kappa shape index (κ1) is 23.9. The summed E-state index contributed by atoms with van der Waals surface area (Å²) in [5, 5.41) is 3.48. The molecule has 0 atom stereocenters. The van der Waals surface area contributed by atoms with Crippen LogP contribution in [0.2, 0.25) is 0 Å². The molecule has 0 heterocycles. The molecule has 0 bridgehead atoms. The van der Waals surface area contributed by atoms with Crippen molar-refractivity contribution in [2.75, 3.05) is 7.11 Å². The number of methoxy groups -OCH3 is 1. The van der Waals surface area contributed by atoms with Crippen LogP contribution in [0.5, 0.6) is 11.5 Å². The molecule has 0 unspecified atom stereocenters. The molecule has 0 saturated heterocycles. The van der Waals surface area contributed by atoms with Crippen molar-refractivity contribution in [3.63, 3.8) is 0 Å². The van der Waals surface area contributed by atoms with Crippen molar-refractivity contribution in [2.45, 2.75) is 37.9 Å². The summed E-state index contributed by atoms with van der Waals surface area (Å²) in [6, 6.07) is 38.1. The minimum atomic E-state index is -3.40. The predicted molar refractivity (Wildman–Crippen MR) is 151 cm³/mol. The van der Waals surface area contributed by atoms with E-state index in [2.05, 4.69) is 103 Å². The van der Waals surface area contributed by atoms with E-state index in [0.29, 0.717) is 6.16 Å². The van der Waals surface area contributed by atoms with Crippen molar-refractivity contribution in [1.29, 1.82) is 0 Å². The van der Waals surface area contributed by atoms with Gasteiger partial charge in [0, 0.05) is 0 Å². The van der Waals surface area contributed by atoms with Crippen molar-refractivity contribution in [3.8, 4) is 11.5 Å². The molecule has 4 aromatic carbocycles. The van der Waals surface area contributed by atoms with Crippen molar-refractivity contribution >= 4 is 33.1 Å². The molecule has 0 N–H and O–H groups in total.